The second-order valence-corrected chi connectivity index (χ2v) is 8.10. The monoisotopic (exact) mass is 447 g/mol. The van der Waals surface area contributed by atoms with Crippen molar-refractivity contribution in [1.29, 1.82) is 0 Å². The standard InChI is InChI=1S/C20H15F2N3O5S/c1-12-18(3-2-4-19(12)25(27)28)23-20(26)13-5-7-14(8-6-13)24-31(29,30)15-9-10-16(21)17(22)11-15/h2-11,24H,1H3,(H,23,26). The predicted molar refractivity (Wildman–Crippen MR) is 109 cm³/mol. The molecule has 2 N–H and O–H groups in total. The van der Waals surface area contributed by atoms with Gasteiger partial charge in [-0.2, -0.15) is 0 Å². The number of nitrogens with one attached hydrogen (secondary N) is 2. The SMILES string of the molecule is Cc1c(NC(=O)c2ccc(NS(=O)(=O)c3ccc(F)c(F)c3)cc2)cccc1[N+](=O)[O-]. The third-order valence-corrected chi connectivity index (χ3v) is 5.73. The Labute approximate surface area is 175 Å². The van der Waals surface area contributed by atoms with E-state index in [2.05, 4.69) is 10.0 Å². The van der Waals surface area contributed by atoms with E-state index in [0.717, 1.165) is 6.07 Å². The summed E-state index contributed by atoms with van der Waals surface area (Å²) in [6.07, 6.45) is 0. The molecule has 0 aromatic heterocycles. The minimum Gasteiger partial charge on any atom is -0.321 e. The van der Waals surface area contributed by atoms with E-state index < -0.39 is 37.4 Å². The number of nitrogens with zero attached hydrogens (tertiary/aromatic N) is 1. The van der Waals surface area contributed by atoms with Gasteiger partial charge in [-0.1, -0.05) is 6.07 Å². The van der Waals surface area contributed by atoms with E-state index >= 15 is 0 Å². The lowest BCUT2D eigenvalue weighted by molar-refractivity contribution is -0.385. The molecular weight excluding hydrogens is 432 g/mol. The quantitative estimate of drug-likeness (QED) is 0.433. The van der Waals surface area contributed by atoms with Gasteiger partial charge in [-0.3, -0.25) is 19.6 Å². The van der Waals surface area contributed by atoms with Crippen LogP contribution < -0.4 is 10.0 Å². The number of nitro benzene ring substituents is 1. The van der Waals surface area contributed by atoms with Crippen molar-refractivity contribution < 1.29 is 26.9 Å². The average molecular weight is 447 g/mol. The zero-order valence-corrected chi connectivity index (χ0v) is 16.7. The fourth-order valence-electron chi connectivity index (χ4n) is 2.70. The van der Waals surface area contributed by atoms with Crippen LogP contribution in [0, 0.1) is 28.7 Å². The summed E-state index contributed by atoms with van der Waals surface area (Å²) in [5, 5.41) is 13.6. The van der Waals surface area contributed by atoms with Gasteiger partial charge in [0.2, 0.25) is 0 Å². The first-order valence-electron chi connectivity index (χ1n) is 8.72. The molecule has 3 rings (SSSR count). The molecule has 0 radical (unpaired) electrons. The second-order valence-electron chi connectivity index (χ2n) is 6.42. The lowest BCUT2D eigenvalue weighted by Crippen LogP contribution is -2.15. The normalized spacial score (nSPS) is 11.1. The molecule has 0 aliphatic rings. The van der Waals surface area contributed by atoms with Gasteiger partial charge in [-0.15, -0.1) is 0 Å². The zero-order valence-electron chi connectivity index (χ0n) is 15.9. The van der Waals surface area contributed by atoms with E-state index in [1.807, 2.05) is 0 Å². The molecule has 11 heteroatoms. The molecule has 0 fully saturated rings. The summed E-state index contributed by atoms with van der Waals surface area (Å²) in [5.41, 5.74) is 0.674. The van der Waals surface area contributed by atoms with Crippen LogP contribution in [0.3, 0.4) is 0 Å². The minimum absolute atomic E-state index is 0.0906. The largest absolute Gasteiger partial charge is 0.321 e. The van der Waals surface area contributed by atoms with E-state index in [4.69, 9.17) is 0 Å². The Balaban J connectivity index is 1.75. The first kappa shape index (κ1) is 21.8. The molecule has 0 spiro atoms. The van der Waals surface area contributed by atoms with Crippen LogP contribution in [0.25, 0.3) is 0 Å². The Morgan fingerprint density at radius 2 is 1.68 bits per heavy atom. The number of hydrogen-bond acceptors (Lipinski definition) is 5. The van der Waals surface area contributed by atoms with E-state index in [1.54, 1.807) is 0 Å². The lowest BCUT2D eigenvalue weighted by atomic mass is 10.1. The first-order chi connectivity index (χ1) is 14.6. The molecule has 8 nitrogen and oxygen atoms in total. The van der Waals surface area contributed by atoms with Crippen molar-refractivity contribution in [2.75, 3.05) is 10.0 Å². The molecule has 160 valence electrons. The van der Waals surface area contributed by atoms with Crippen LogP contribution in [0.4, 0.5) is 25.8 Å². The maximum atomic E-state index is 13.3. The van der Waals surface area contributed by atoms with Gasteiger partial charge < -0.3 is 5.32 Å². The Kier molecular flexibility index (Phi) is 5.97. The van der Waals surface area contributed by atoms with Gasteiger partial charge in [0.25, 0.3) is 21.6 Å². The van der Waals surface area contributed by atoms with Crippen molar-refractivity contribution in [2.24, 2.45) is 0 Å². The van der Waals surface area contributed by atoms with Gasteiger partial charge in [0.1, 0.15) is 0 Å². The maximum Gasteiger partial charge on any atom is 0.274 e. The van der Waals surface area contributed by atoms with Crippen molar-refractivity contribution in [2.45, 2.75) is 11.8 Å². The molecule has 3 aromatic rings. The number of carbonyl (C=O) groups excluding carboxylic acids is 1. The van der Waals surface area contributed by atoms with Crippen molar-refractivity contribution in [1.82, 2.24) is 0 Å². The van der Waals surface area contributed by atoms with Crippen LogP contribution in [0.2, 0.25) is 0 Å². The van der Waals surface area contributed by atoms with E-state index in [-0.39, 0.29) is 28.2 Å². The highest BCUT2D eigenvalue weighted by Gasteiger charge is 2.18. The van der Waals surface area contributed by atoms with Gasteiger partial charge in [0.05, 0.1) is 21.1 Å². The highest BCUT2D eigenvalue weighted by molar-refractivity contribution is 7.92. The fraction of sp³-hybridized carbons (Fsp3) is 0.0500. The summed E-state index contributed by atoms with van der Waals surface area (Å²) in [6, 6.07) is 11.8. The third kappa shape index (κ3) is 4.83. The highest BCUT2D eigenvalue weighted by Crippen LogP contribution is 2.26. The lowest BCUT2D eigenvalue weighted by Gasteiger charge is -2.10. The number of anilines is 2. The molecule has 0 saturated heterocycles. The van der Waals surface area contributed by atoms with Gasteiger partial charge in [0, 0.05) is 17.3 Å². The Morgan fingerprint density at radius 1 is 1.00 bits per heavy atom. The van der Waals surface area contributed by atoms with Crippen molar-refractivity contribution >= 4 is 33.0 Å². The predicted octanol–water partition coefficient (Wildman–Crippen LogP) is 4.23. The van der Waals surface area contributed by atoms with E-state index in [0.29, 0.717) is 12.1 Å². The summed E-state index contributed by atoms with van der Waals surface area (Å²) < 4.78 is 53.2. The summed E-state index contributed by atoms with van der Waals surface area (Å²) in [5.74, 6) is -3.03. The average Bonchev–Trinajstić information content (AvgIpc) is 2.71. The van der Waals surface area contributed by atoms with Crippen molar-refractivity contribution in [3.63, 3.8) is 0 Å². The number of amides is 1. The molecule has 31 heavy (non-hydrogen) atoms. The molecule has 0 bridgehead atoms. The summed E-state index contributed by atoms with van der Waals surface area (Å²) in [6.45, 7) is 1.50. The topological polar surface area (TPSA) is 118 Å². The Bertz CT molecular complexity index is 1280. The maximum absolute atomic E-state index is 13.3. The number of hydrogen-bond donors (Lipinski definition) is 2. The summed E-state index contributed by atoms with van der Waals surface area (Å²) >= 11 is 0. The summed E-state index contributed by atoms with van der Waals surface area (Å²) in [7, 11) is -4.17. The van der Waals surface area contributed by atoms with Crippen LogP contribution in [0.1, 0.15) is 15.9 Å². The number of nitro groups is 1. The third-order valence-electron chi connectivity index (χ3n) is 4.35. The number of sulfonamides is 1. The van der Waals surface area contributed by atoms with Crippen molar-refractivity contribution in [3.8, 4) is 0 Å². The number of halogens is 2. The van der Waals surface area contributed by atoms with Crippen LogP contribution in [-0.2, 0) is 10.0 Å². The molecule has 0 aliphatic heterocycles. The van der Waals surface area contributed by atoms with Crippen LogP contribution in [0.5, 0.6) is 0 Å². The van der Waals surface area contributed by atoms with Gasteiger partial charge in [-0.05, 0) is 55.5 Å². The van der Waals surface area contributed by atoms with Gasteiger partial charge in [0.15, 0.2) is 11.6 Å². The van der Waals surface area contributed by atoms with Crippen LogP contribution in [-0.4, -0.2) is 19.2 Å². The molecule has 3 aromatic carbocycles. The zero-order chi connectivity index (χ0) is 22.8. The number of benzene rings is 3. The van der Waals surface area contributed by atoms with Crippen LogP contribution >= 0.6 is 0 Å². The minimum atomic E-state index is -4.17. The number of carbonyl (C=O) groups is 1. The van der Waals surface area contributed by atoms with E-state index in [1.165, 1.54) is 49.4 Å². The molecule has 0 saturated carbocycles. The molecular formula is C20H15F2N3O5S. The number of rotatable bonds is 6. The van der Waals surface area contributed by atoms with Gasteiger partial charge in [-0.25, -0.2) is 17.2 Å². The van der Waals surface area contributed by atoms with Crippen molar-refractivity contribution in [3.05, 3.63) is 93.5 Å². The Morgan fingerprint density at radius 3 is 2.29 bits per heavy atom. The Hall–Kier alpha value is -3.86. The molecule has 0 aliphatic carbocycles. The van der Waals surface area contributed by atoms with E-state index in [9.17, 15) is 32.1 Å². The smallest absolute Gasteiger partial charge is 0.274 e. The highest BCUT2D eigenvalue weighted by atomic mass is 32.2. The van der Waals surface area contributed by atoms with Gasteiger partial charge >= 0.3 is 0 Å². The molecule has 1 amide bonds. The van der Waals surface area contributed by atoms with Crippen LogP contribution in [0.15, 0.2) is 65.6 Å². The summed E-state index contributed by atoms with van der Waals surface area (Å²) in [4.78, 5) is 22.4. The molecule has 0 unspecified atom stereocenters. The molecule has 0 heterocycles. The first-order valence-corrected chi connectivity index (χ1v) is 10.2. The molecule has 0 atom stereocenters. The fourth-order valence-corrected chi connectivity index (χ4v) is 3.77. The second kappa shape index (κ2) is 8.48.